The smallest absolute Gasteiger partial charge is 0.257 e. The molecule has 0 aromatic rings. The van der Waals surface area contributed by atoms with E-state index in [1.165, 1.54) is 12.8 Å². The highest BCUT2D eigenvalue weighted by molar-refractivity contribution is 5.76. The van der Waals surface area contributed by atoms with Gasteiger partial charge in [0.1, 0.15) is 0 Å². The second-order valence-corrected chi connectivity index (χ2v) is 3.08. The third kappa shape index (κ3) is 3.19. The maximum Gasteiger partial charge on any atom is 0.257 e. The van der Waals surface area contributed by atoms with Gasteiger partial charge in [-0.05, 0) is 19.9 Å². The highest BCUT2D eigenvalue weighted by Crippen LogP contribution is 2.19. The van der Waals surface area contributed by atoms with E-state index in [0.717, 1.165) is 12.8 Å². The quantitative estimate of drug-likeness (QED) is 0.595. The van der Waals surface area contributed by atoms with Crippen LogP contribution in [0.25, 0.3) is 0 Å². The number of carbonyl (C=O) groups is 1. The predicted octanol–water partition coefficient (Wildman–Crippen LogP) is 0.196. The Hall–Kier alpha value is -0.610. The first-order valence-electron chi connectivity index (χ1n) is 4.42. The third-order valence-electron chi connectivity index (χ3n) is 1.98. The minimum Gasteiger partial charge on any atom is -0.311 e. The van der Waals surface area contributed by atoms with Crippen LogP contribution >= 0.6 is 0 Å². The molecule has 0 aromatic heterocycles. The van der Waals surface area contributed by atoms with Crippen LogP contribution in [-0.4, -0.2) is 25.6 Å². The van der Waals surface area contributed by atoms with E-state index in [1.807, 2.05) is 0 Å². The van der Waals surface area contributed by atoms with Gasteiger partial charge >= 0.3 is 0 Å². The number of nitrogens with one attached hydrogen (secondary N) is 2. The Labute approximate surface area is 72.6 Å². The number of hydrogen-bond acceptors (Lipinski definition) is 3. The van der Waals surface area contributed by atoms with E-state index in [9.17, 15) is 4.79 Å². The van der Waals surface area contributed by atoms with E-state index in [1.54, 1.807) is 7.05 Å². The first-order valence-corrected chi connectivity index (χ1v) is 4.42. The number of rotatable bonds is 4. The van der Waals surface area contributed by atoms with Crippen LogP contribution < -0.4 is 10.8 Å². The maximum absolute atomic E-state index is 10.9. The highest BCUT2D eigenvalue weighted by Gasteiger charge is 2.16. The fourth-order valence-electron chi connectivity index (χ4n) is 1.35. The zero-order valence-corrected chi connectivity index (χ0v) is 7.43. The molecule has 0 aromatic carbocycles. The lowest BCUT2D eigenvalue weighted by atomic mass is 10.3. The molecule has 0 heterocycles. The molecule has 4 nitrogen and oxygen atoms in total. The Morgan fingerprint density at radius 3 is 2.75 bits per heavy atom. The summed E-state index contributed by atoms with van der Waals surface area (Å²) < 4.78 is 0. The number of hydrogen-bond donors (Lipinski definition) is 2. The standard InChI is InChI=1S/C8H16N2O2/c1-9-6-8(11)10-12-7-4-2-3-5-7/h7,9H,2-6H2,1H3,(H,10,11). The van der Waals surface area contributed by atoms with Crippen LogP contribution in [0.2, 0.25) is 0 Å². The molecule has 1 amide bonds. The van der Waals surface area contributed by atoms with Gasteiger partial charge in [0.15, 0.2) is 0 Å². The second kappa shape index (κ2) is 5.11. The van der Waals surface area contributed by atoms with Crippen LogP contribution in [0.5, 0.6) is 0 Å². The summed E-state index contributed by atoms with van der Waals surface area (Å²) in [6.07, 6.45) is 4.81. The van der Waals surface area contributed by atoms with Crippen molar-refractivity contribution in [2.45, 2.75) is 31.8 Å². The van der Waals surface area contributed by atoms with Crippen LogP contribution in [0.4, 0.5) is 0 Å². The molecule has 0 aliphatic heterocycles. The summed E-state index contributed by atoms with van der Waals surface area (Å²) in [5.41, 5.74) is 2.42. The van der Waals surface area contributed by atoms with Crippen molar-refractivity contribution in [3.8, 4) is 0 Å². The van der Waals surface area contributed by atoms with Gasteiger partial charge < -0.3 is 5.32 Å². The van der Waals surface area contributed by atoms with Gasteiger partial charge in [-0.2, -0.15) is 0 Å². The van der Waals surface area contributed by atoms with E-state index in [4.69, 9.17) is 4.84 Å². The van der Waals surface area contributed by atoms with Crippen molar-refractivity contribution in [2.75, 3.05) is 13.6 Å². The zero-order chi connectivity index (χ0) is 8.81. The van der Waals surface area contributed by atoms with Crippen molar-refractivity contribution in [3.05, 3.63) is 0 Å². The van der Waals surface area contributed by atoms with Gasteiger partial charge in [0, 0.05) is 0 Å². The van der Waals surface area contributed by atoms with Gasteiger partial charge in [-0.25, -0.2) is 5.48 Å². The summed E-state index contributed by atoms with van der Waals surface area (Å²) in [6, 6.07) is 0. The fraction of sp³-hybridized carbons (Fsp3) is 0.875. The molecule has 1 fully saturated rings. The van der Waals surface area contributed by atoms with Gasteiger partial charge in [-0.1, -0.05) is 12.8 Å². The summed E-state index contributed by atoms with van der Waals surface area (Å²) >= 11 is 0. The molecular weight excluding hydrogens is 156 g/mol. The first-order chi connectivity index (χ1) is 5.83. The average molecular weight is 172 g/mol. The van der Waals surface area contributed by atoms with Gasteiger partial charge in [-0.3, -0.25) is 9.63 Å². The SMILES string of the molecule is CNCC(=O)NOC1CCCC1. The lowest BCUT2D eigenvalue weighted by Crippen LogP contribution is -2.34. The molecule has 12 heavy (non-hydrogen) atoms. The number of carbonyl (C=O) groups excluding carboxylic acids is 1. The van der Waals surface area contributed by atoms with Crippen molar-refractivity contribution in [1.29, 1.82) is 0 Å². The minimum atomic E-state index is -0.107. The Morgan fingerprint density at radius 2 is 2.17 bits per heavy atom. The number of amides is 1. The van der Waals surface area contributed by atoms with Crippen molar-refractivity contribution in [2.24, 2.45) is 0 Å². The number of likely N-dealkylation sites (N-methyl/N-ethyl adjacent to an activating group) is 1. The highest BCUT2D eigenvalue weighted by atomic mass is 16.7. The van der Waals surface area contributed by atoms with Crippen molar-refractivity contribution in [1.82, 2.24) is 10.8 Å². The molecule has 70 valence electrons. The molecule has 1 aliphatic carbocycles. The Kier molecular flexibility index (Phi) is 4.04. The maximum atomic E-state index is 10.9. The van der Waals surface area contributed by atoms with Crippen LogP contribution in [0.15, 0.2) is 0 Å². The third-order valence-corrected chi connectivity index (χ3v) is 1.98. The van der Waals surface area contributed by atoms with Gasteiger partial charge in [0.2, 0.25) is 0 Å². The molecule has 0 radical (unpaired) electrons. The summed E-state index contributed by atoms with van der Waals surface area (Å²) in [7, 11) is 1.73. The average Bonchev–Trinajstić information content (AvgIpc) is 2.53. The Balaban J connectivity index is 2.03. The van der Waals surface area contributed by atoms with Crippen molar-refractivity contribution >= 4 is 5.91 Å². The monoisotopic (exact) mass is 172 g/mol. The fourth-order valence-corrected chi connectivity index (χ4v) is 1.35. The summed E-state index contributed by atoms with van der Waals surface area (Å²) in [5, 5.41) is 2.75. The molecule has 0 atom stereocenters. The molecule has 1 saturated carbocycles. The predicted molar refractivity (Wildman–Crippen MR) is 45.4 cm³/mol. The van der Waals surface area contributed by atoms with E-state index in [2.05, 4.69) is 10.8 Å². The summed E-state index contributed by atoms with van der Waals surface area (Å²) in [4.78, 5) is 16.1. The normalized spacial score (nSPS) is 18.1. The van der Waals surface area contributed by atoms with Crippen LogP contribution in [-0.2, 0) is 9.63 Å². The molecule has 1 rings (SSSR count). The lowest BCUT2D eigenvalue weighted by Gasteiger charge is -2.10. The van der Waals surface area contributed by atoms with Gasteiger partial charge in [0.25, 0.3) is 5.91 Å². The first kappa shape index (κ1) is 9.48. The molecule has 4 heteroatoms. The largest absolute Gasteiger partial charge is 0.311 e. The van der Waals surface area contributed by atoms with E-state index >= 15 is 0 Å². The Bertz CT molecular complexity index is 144. The van der Waals surface area contributed by atoms with E-state index in [-0.39, 0.29) is 12.0 Å². The molecule has 0 saturated heterocycles. The molecular formula is C8H16N2O2. The summed E-state index contributed by atoms with van der Waals surface area (Å²) in [6.45, 7) is 0.312. The van der Waals surface area contributed by atoms with E-state index in [0.29, 0.717) is 6.54 Å². The second-order valence-electron chi connectivity index (χ2n) is 3.08. The van der Waals surface area contributed by atoms with Gasteiger partial charge in [-0.15, -0.1) is 0 Å². The van der Waals surface area contributed by atoms with Crippen LogP contribution in [0.3, 0.4) is 0 Å². The molecule has 2 N–H and O–H groups in total. The lowest BCUT2D eigenvalue weighted by molar-refractivity contribution is -0.137. The topological polar surface area (TPSA) is 50.4 Å². The van der Waals surface area contributed by atoms with Crippen molar-refractivity contribution in [3.63, 3.8) is 0 Å². The minimum absolute atomic E-state index is 0.107. The molecule has 0 unspecified atom stereocenters. The van der Waals surface area contributed by atoms with Gasteiger partial charge in [0.05, 0.1) is 12.6 Å². The van der Waals surface area contributed by atoms with Crippen LogP contribution in [0.1, 0.15) is 25.7 Å². The molecule has 1 aliphatic rings. The van der Waals surface area contributed by atoms with Crippen molar-refractivity contribution < 1.29 is 9.63 Å². The van der Waals surface area contributed by atoms with E-state index < -0.39 is 0 Å². The Morgan fingerprint density at radius 1 is 1.50 bits per heavy atom. The number of hydroxylamine groups is 1. The molecule has 0 bridgehead atoms. The summed E-state index contributed by atoms with van der Waals surface area (Å²) in [5.74, 6) is -0.107. The zero-order valence-electron chi connectivity index (χ0n) is 7.43. The van der Waals surface area contributed by atoms with Crippen LogP contribution in [0, 0.1) is 0 Å². The molecule has 0 spiro atoms.